The van der Waals surface area contributed by atoms with Gasteiger partial charge in [-0.2, -0.15) is 17.7 Å². The molecule has 1 saturated carbocycles. The van der Waals surface area contributed by atoms with E-state index >= 15 is 0 Å². The van der Waals surface area contributed by atoms with Crippen LogP contribution in [0.5, 0.6) is 0 Å². The molecule has 1 aliphatic heterocycles. The van der Waals surface area contributed by atoms with Gasteiger partial charge in [0.15, 0.2) is 5.82 Å². The van der Waals surface area contributed by atoms with E-state index in [-0.39, 0.29) is 13.1 Å². The average Bonchev–Trinajstić information content (AvgIpc) is 3.15. The van der Waals surface area contributed by atoms with Crippen molar-refractivity contribution in [2.24, 2.45) is 0 Å². The zero-order chi connectivity index (χ0) is 14.4. The summed E-state index contributed by atoms with van der Waals surface area (Å²) in [6.07, 6.45) is 2.71. The number of piperidine rings is 1. The van der Waals surface area contributed by atoms with Gasteiger partial charge in [-0.25, -0.2) is 0 Å². The maximum Gasteiger partial charge on any atom is 0.374 e. The maximum atomic E-state index is 13.0. The van der Waals surface area contributed by atoms with E-state index in [9.17, 15) is 12.3 Å². The summed E-state index contributed by atoms with van der Waals surface area (Å²) in [5.41, 5.74) is -0.818. The molecule has 0 unspecified atom stereocenters. The highest BCUT2D eigenvalue weighted by Gasteiger charge is 2.44. The van der Waals surface area contributed by atoms with Crippen LogP contribution in [-0.2, 0) is 20.7 Å². The fourth-order valence-electron chi connectivity index (χ4n) is 2.50. The molecule has 0 N–H and O–H groups in total. The molecule has 0 amide bonds. The van der Waals surface area contributed by atoms with Crippen molar-refractivity contribution in [2.75, 3.05) is 20.2 Å². The van der Waals surface area contributed by atoms with E-state index in [0.29, 0.717) is 30.5 Å². The monoisotopic (exact) mass is 305 g/mol. The summed E-state index contributed by atoms with van der Waals surface area (Å²) in [6.45, 7) is 0.0711. The molecular formula is C11H16FN3O4S. The number of hydrogen-bond acceptors (Lipinski definition) is 6. The molecule has 3 rings (SSSR count). The molecule has 0 atom stereocenters. The molecule has 2 aliphatic rings. The molecule has 0 radical (unpaired) electrons. The summed E-state index contributed by atoms with van der Waals surface area (Å²) in [5.74, 6) is 1.41. The third-order valence-electron chi connectivity index (χ3n) is 4.00. The Morgan fingerprint density at radius 1 is 1.40 bits per heavy atom. The first-order valence-electron chi connectivity index (χ1n) is 6.53. The second kappa shape index (κ2) is 4.74. The maximum absolute atomic E-state index is 13.0. The lowest BCUT2D eigenvalue weighted by molar-refractivity contribution is -0.0729. The number of hydrogen-bond donors (Lipinski definition) is 0. The Labute approximate surface area is 116 Å². The summed E-state index contributed by atoms with van der Waals surface area (Å²) in [7, 11) is -3.14. The van der Waals surface area contributed by atoms with Crippen LogP contribution in [0.4, 0.5) is 3.89 Å². The van der Waals surface area contributed by atoms with E-state index in [0.717, 1.165) is 17.1 Å². The predicted octanol–water partition coefficient (Wildman–Crippen LogP) is 1.10. The van der Waals surface area contributed by atoms with Crippen LogP contribution in [0.1, 0.15) is 43.3 Å². The molecule has 1 saturated heterocycles. The third-order valence-corrected chi connectivity index (χ3v) is 4.99. The Kier molecular flexibility index (Phi) is 3.30. The second-order valence-electron chi connectivity index (χ2n) is 5.27. The van der Waals surface area contributed by atoms with Crippen molar-refractivity contribution in [3.05, 3.63) is 11.7 Å². The van der Waals surface area contributed by atoms with E-state index in [1.165, 1.54) is 7.11 Å². The first kappa shape index (κ1) is 13.9. The zero-order valence-electron chi connectivity index (χ0n) is 11.1. The number of aromatic nitrogens is 2. The van der Waals surface area contributed by atoms with Crippen molar-refractivity contribution in [1.29, 1.82) is 0 Å². The van der Waals surface area contributed by atoms with Gasteiger partial charge in [0.1, 0.15) is 5.60 Å². The minimum absolute atomic E-state index is 0.0355. The topological polar surface area (TPSA) is 85.5 Å². The molecule has 1 aliphatic carbocycles. The molecule has 112 valence electrons. The van der Waals surface area contributed by atoms with Crippen molar-refractivity contribution in [2.45, 2.75) is 37.2 Å². The standard InChI is InChI=1S/C11H16FN3O4S/c1-18-11(4-6-15(7-5-11)20(12,16)17)10-13-9(14-19-10)8-2-3-8/h8H,2-7H2,1H3. The first-order chi connectivity index (χ1) is 9.44. The summed E-state index contributed by atoms with van der Waals surface area (Å²) >= 11 is 0. The summed E-state index contributed by atoms with van der Waals surface area (Å²) in [6, 6.07) is 0. The number of halogens is 1. The van der Waals surface area contributed by atoms with Crippen LogP contribution < -0.4 is 0 Å². The number of rotatable bonds is 4. The molecule has 7 nitrogen and oxygen atoms in total. The van der Waals surface area contributed by atoms with Crippen molar-refractivity contribution in [1.82, 2.24) is 14.4 Å². The van der Waals surface area contributed by atoms with Gasteiger partial charge in [-0.05, 0) is 25.7 Å². The molecule has 9 heteroatoms. The van der Waals surface area contributed by atoms with Crippen LogP contribution in [0.2, 0.25) is 0 Å². The number of ether oxygens (including phenoxy) is 1. The second-order valence-corrected chi connectivity index (χ2v) is 6.61. The Morgan fingerprint density at radius 2 is 2.05 bits per heavy atom. The molecule has 0 aromatic carbocycles. The van der Waals surface area contributed by atoms with Gasteiger partial charge in [0.25, 0.3) is 5.89 Å². The largest absolute Gasteiger partial charge is 0.374 e. The van der Waals surface area contributed by atoms with Crippen LogP contribution in [0.25, 0.3) is 0 Å². The highest BCUT2D eigenvalue weighted by atomic mass is 32.3. The molecule has 1 aromatic heterocycles. The molecule has 2 heterocycles. The highest BCUT2D eigenvalue weighted by Crippen LogP contribution is 2.41. The molecular weight excluding hydrogens is 289 g/mol. The third kappa shape index (κ3) is 2.45. The smallest absolute Gasteiger partial charge is 0.368 e. The minimum atomic E-state index is -4.65. The minimum Gasteiger partial charge on any atom is -0.368 e. The van der Waals surface area contributed by atoms with Crippen molar-refractivity contribution in [3.8, 4) is 0 Å². The Bertz CT molecular complexity index is 591. The van der Waals surface area contributed by atoms with Gasteiger partial charge >= 0.3 is 10.4 Å². The molecule has 2 fully saturated rings. The van der Waals surface area contributed by atoms with Crippen molar-refractivity contribution in [3.63, 3.8) is 0 Å². The average molecular weight is 305 g/mol. The van der Waals surface area contributed by atoms with Crippen LogP contribution in [0, 0.1) is 0 Å². The lowest BCUT2D eigenvalue weighted by Gasteiger charge is -2.36. The molecule has 0 bridgehead atoms. The van der Waals surface area contributed by atoms with E-state index in [2.05, 4.69) is 10.1 Å². The lowest BCUT2D eigenvalue weighted by atomic mass is 9.92. The van der Waals surface area contributed by atoms with Crippen LogP contribution in [-0.4, -0.2) is 43.1 Å². The molecule has 0 spiro atoms. The highest BCUT2D eigenvalue weighted by molar-refractivity contribution is 7.83. The fraction of sp³-hybridized carbons (Fsp3) is 0.818. The van der Waals surface area contributed by atoms with Crippen LogP contribution >= 0.6 is 0 Å². The SMILES string of the molecule is COC1(c2nc(C3CC3)no2)CCN(S(=O)(=O)F)CC1. The summed E-state index contributed by atoms with van der Waals surface area (Å²) in [5, 5.41) is 3.94. The summed E-state index contributed by atoms with van der Waals surface area (Å²) in [4.78, 5) is 4.36. The lowest BCUT2D eigenvalue weighted by Crippen LogP contribution is -2.45. The van der Waals surface area contributed by atoms with Gasteiger partial charge in [-0.15, -0.1) is 0 Å². The predicted molar refractivity (Wildman–Crippen MR) is 65.8 cm³/mol. The van der Waals surface area contributed by atoms with Crippen LogP contribution in [0.3, 0.4) is 0 Å². The van der Waals surface area contributed by atoms with Crippen molar-refractivity contribution >= 4 is 10.4 Å². The fourth-order valence-corrected chi connectivity index (χ4v) is 3.12. The van der Waals surface area contributed by atoms with E-state index < -0.39 is 16.0 Å². The van der Waals surface area contributed by atoms with Gasteiger partial charge in [0.2, 0.25) is 0 Å². The molecule has 20 heavy (non-hydrogen) atoms. The first-order valence-corrected chi connectivity index (χ1v) is 7.88. The number of nitrogens with zero attached hydrogens (tertiary/aromatic N) is 3. The molecule has 1 aromatic rings. The van der Waals surface area contributed by atoms with Gasteiger partial charge in [0.05, 0.1) is 0 Å². The van der Waals surface area contributed by atoms with Gasteiger partial charge in [0, 0.05) is 26.1 Å². The Balaban J connectivity index is 1.78. The quantitative estimate of drug-likeness (QED) is 0.774. The van der Waals surface area contributed by atoms with E-state index in [4.69, 9.17) is 9.26 Å². The van der Waals surface area contributed by atoms with Crippen LogP contribution in [0.15, 0.2) is 4.52 Å². The van der Waals surface area contributed by atoms with E-state index in [1.807, 2.05) is 0 Å². The van der Waals surface area contributed by atoms with Gasteiger partial charge in [-0.1, -0.05) is 9.04 Å². The summed E-state index contributed by atoms with van der Waals surface area (Å²) < 4.78 is 46.3. The van der Waals surface area contributed by atoms with Gasteiger partial charge in [-0.3, -0.25) is 0 Å². The Hall–Kier alpha value is -1.06. The Morgan fingerprint density at radius 3 is 2.55 bits per heavy atom. The normalized spacial score (nSPS) is 23.9. The zero-order valence-corrected chi connectivity index (χ0v) is 11.9. The van der Waals surface area contributed by atoms with Crippen molar-refractivity contribution < 1.29 is 21.6 Å². The van der Waals surface area contributed by atoms with E-state index in [1.54, 1.807) is 0 Å². The van der Waals surface area contributed by atoms with Gasteiger partial charge < -0.3 is 9.26 Å². The number of methoxy groups -OCH3 is 1.